The molecule has 8 nitrogen and oxygen atoms in total. The molecule has 1 aromatic carbocycles. The van der Waals surface area contributed by atoms with Gasteiger partial charge in [-0.15, -0.1) is 0 Å². The number of nitrogens with one attached hydrogen (secondary N) is 1. The van der Waals surface area contributed by atoms with Gasteiger partial charge in [0.2, 0.25) is 0 Å². The van der Waals surface area contributed by atoms with Gasteiger partial charge < -0.3 is 19.1 Å². The molecule has 2 aliphatic heterocycles. The maximum atomic E-state index is 12.6. The largest absolute Gasteiger partial charge is 0.493 e. The fourth-order valence-corrected chi connectivity index (χ4v) is 3.67. The number of likely N-dealkylation sites (tertiary alicyclic amines) is 1. The van der Waals surface area contributed by atoms with Crippen LogP contribution in [-0.4, -0.2) is 54.6 Å². The molecule has 1 unspecified atom stereocenters. The Labute approximate surface area is 158 Å². The third kappa shape index (κ3) is 3.57. The zero-order chi connectivity index (χ0) is 18.8. The molecule has 1 aromatic heterocycles. The Balaban J connectivity index is 1.40. The minimum Gasteiger partial charge on any atom is -0.493 e. The number of benzene rings is 1. The van der Waals surface area contributed by atoms with Gasteiger partial charge in [0, 0.05) is 25.1 Å². The van der Waals surface area contributed by atoms with E-state index in [0.717, 1.165) is 24.2 Å². The molecule has 1 fully saturated rings. The van der Waals surface area contributed by atoms with Gasteiger partial charge in [0.05, 0.1) is 39.7 Å². The van der Waals surface area contributed by atoms with Crippen molar-refractivity contribution in [2.24, 2.45) is 0 Å². The Morgan fingerprint density at radius 1 is 1.22 bits per heavy atom. The molecule has 0 aliphatic carbocycles. The van der Waals surface area contributed by atoms with Crippen molar-refractivity contribution in [1.82, 2.24) is 14.7 Å². The van der Waals surface area contributed by atoms with Crippen LogP contribution in [0, 0.1) is 0 Å². The van der Waals surface area contributed by atoms with Crippen LogP contribution in [-0.2, 0) is 17.9 Å². The lowest BCUT2D eigenvalue weighted by Gasteiger charge is -2.17. The third-order valence-corrected chi connectivity index (χ3v) is 5.15. The molecule has 2 amide bonds. The summed E-state index contributed by atoms with van der Waals surface area (Å²) < 4.78 is 18.0. The number of rotatable bonds is 4. The monoisotopic (exact) mass is 372 g/mol. The second kappa shape index (κ2) is 7.48. The third-order valence-electron chi connectivity index (χ3n) is 5.15. The zero-order valence-electron chi connectivity index (χ0n) is 15.6. The fourth-order valence-electron chi connectivity index (χ4n) is 3.67. The molecule has 0 spiro atoms. The van der Waals surface area contributed by atoms with Crippen LogP contribution >= 0.6 is 0 Å². The first-order chi connectivity index (χ1) is 13.2. The summed E-state index contributed by atoms with van der Waals surface area (Å²) in [6, 6.07) is 7.70. The van der Waals surface area contributed by atoms with E-state index in [2.05, 4.69) is 10.4 Å². The summed E-state index contributed by atoms with van der Waals surface area (Å²) in [5, 5.41) is 7.34. The minimum absolute atomic E-state index is 0.116. The van der Waals surface area contributed by atoms with E-state index in [1.807, 2.05) is 33.8 Å². The van der Waals surface area contributed by atoms with E-state index in [0.29, 0.717) is 43.6 Å². The first kappa shape index (κ1) is 17.7. The van der Waals surface area contributed by atoms with Crippen molar-refractivity contribution >= 4 is 11.8 Å². The molecule has 0 saturated carbocycles. The van der Waals surface area contributed by atoms with E-state index in [9.17, 15) is 4.79 Å². The quantitative estimate of drug-likeness (QED) is 0.892. The van der Waals surface area contributed by atoms with Gasteiger partial charge in [-0.2, -0.15) is 5.10 Å². The number of ether oxygens (including phenoxy) is 3. The van der Waals surface area contributed by atoms with E-state index >= 15 is 0 Å². The van der Waals surface area contributed by atoms with E-state index in [-0.39, 0.29) is 11.9 Å². The number of aromatic nitrogens is 2. The summed E-state index contributed by atoms with van der Waals surface area (Å²) in [4.78, 5) is 14.4. The van der Waals surface area contributed by atoms with E-state index in [1.165, 1.54) is 0 Å². The molecule has 0 radical (unpaired) electrons. The summed E-state index contributed by atoms with van der Waals surface area (Å²) in [7, 11) is 3.25. The molecule has 3 heterocycles. The Kier molecular flexibility index (Phi) is 4.89. The van der Waals surface area contributed by atoms with Gasteiger partial charge in [0.15, 0.2) is 17.3 Å². The second-order valence-electron chi connectivity index (χ2n) is 6.77. The lowest BCUT2D eigenvalue weighted by atomic mass is 9.98. The standard InChI is InChI=1S/C19H24N4O4/c1-25-16-4-3-13(9-17(16)26-2)14-5-6-22(11-14)19(24)20-18-10-15-12-27-8-7-23(15)21-18/h3-4,9-10,14H,5-8,11-12H2,1-2H3,(H,20,21,24). The number of hydrogen-bond donors (Lipinski definition) is 1. The molecular weight excluding hydrogens is 348 g/mol. The molecule has 144 valence electrons. The van der Waals surface area contributed by atoms with Gasteiger partial charge in [-0.3, -0.25) is 10.00 Å². The number of nitrogens with zero attached hydrogens (tertiary/aromatic N) is 3. The number of anilines is 1. The number of carbonyl (C=O) groups excluding carboxylic acids is 1. The van der Waals surface area contributed by atoms with Gasteiger partial charge in [0.25, 0.3) is 0 Å². The molecule has 0 bridgehead atoms. The Bertz CT molecular complexity index is 812. The summed E-state index contributed by atoms with van der Waals surface area (Å²) >= 11 is 0. The number of amides is 2. The lowest BCUT2D eigenvalue weighted by Crippen LogP contribution is -2.33. The first-order valence-electron chi connectivity index (χ1n) is 9.10. The highest BCUT2D eigenvalue weighted by molar-refractivity contribution is 5.88. The Morgan fingerprint density at radius 3 is 2.85 bits per heavy atom. The Morgan fingerprint density at radius 2 is 2.07 bits per heavy atom. The van der Waals surface area contributed by atoms with Crippen molar-refractivity contribution in [3.63, 3.8) is 0 Å². The highest BCUT2D eigenvalue weighted by Crippen LogP contribution is 2.34. The SMILES string of the molecule is COc1ccc(C2CCN(C(=O)Nc3cc4n(n3)CCOC4)C2)cc1OC. The molecule has 27 heavy (non-hydrogen) atoms. The normalized spacial score (nSPS) is 18.9. The zero-order valence-corrected chi connectivity index (χ0v) is 15.6. The molecule has 1 saturated heterocycles. The number of carbonyl (C=O) groups is 1. The number of methoxy groups -OCH3 is 2. The molecule has 2 aliphatic rings. The predicted octanol–water partition coefficient (Wildman–Crippen LogP) is 2.45. The van der Waals surface area contributed by atoms with E-state index in [1.54, 1.807) is 14.2 Å². The van der Waals surface area contributed by atoms with Crippen molar-refractivity contribution in [2.45, 2.75) is 25.5 Å². The summed E-state index contributed by atoms with van der Waals surface area (Å²) in [6.07, 6.45) is 0.913. The highest BCUT2D eigenvalue weighted by Gasteiger charge is 2.28. The summed E-state index contributed by atoms with van der Waals surface area (Å²) in [5.74, 6) is 2.28. The van der Waals surface area contributed by atoms with Crippen LogP contribution in [0.15, 0.2) is 24.3 Å². The maximum Gasteiger partial charge on any atom is 0.323 e. The highest BCUT2D eigenvalue weighted by atomic mass is 16.5. The summed E-state index contributed by atoms with van der Waals surface area (Å²) in [5.41, 5.74) is 2.14. The molecule has 8 heteroatoms. The lowest BCUT2D eigenvalue weighted by molar-refractivity contribution is 0.0801. The van der Waals surface area contributed by atoms with Crippen molar-refractivity contribution < 1.29 is 19.0 Å². The van der Waals surface area contributed by atoms with Gasteiger partial charge in [0.1, 0.15) is 0 Å². The predicted molar refractivity (Wildman–Crippen MR) is 99.4 cm³/mol. The van der Waals surface area contributed by atoms with Crippen LogP contribution in [0.1, 0.15) is 23.6 Å². The average Bonchev–Trinajstić information content (AvgIpc) is 3.34. The van der Waals surface area contributed by atoms with Crippen molar-refractivity contribution in [2.75, 3.05) is 39.2 Å². The van der Waals surface area contributed by atoms with E-state index in [4.69, 9.17) is 14.2 Å². The van der Waals surface area contributed by atoms with Crippen LogP contribution in [0.3, 0.4) is 0 Å². The molecule has 4 rings (SSSR count). The van der Waals surface area contributed by atoms with Crippen molar-refractivity contribution in [3.8, 4) is 11.5 Å². The van der Waals surface area contributed by atoms with Crippen molar-refractivity contribution in [1.29, 1.82) is 0 Å². The number of hydrogen-bond acceptors (Lipinski definition) is 5. The van der Waals surface area contributed by atoms with Crippen LogP contribution in [0.5, 0.6) is 11.5 Å². The molecule has 2 aromatic rings. The van der Waals surface area contributed by atoms with Crippen molar-refractivity contribution in [3.05, 3.63) is 35.5 Å². The average molecular weight is 372 g/mol. The number of fused-ring (bicyclic) bond motifs is 1. The topological polar surface area (TPSA) is 77.9 Å². The van der Waals surface area contributed by atoms with E-state index < -0.39 is 0 Å². The van der Waals surface area contributed by atoms with Crippen LogP contribution in [0.25, 0.3) is 0 Å². The van der Waals surface area contributed by atoms with Gasteiger partial charge in [-0.05, 0) is 24.1 Å². The van der Waals surface area contributed by atoms with Crippen LogP contribution in [0.2, 0.25) is 0 Å². The van der Waals surface area contributed by atoms with Crippen LogP contribution < -0.4 is 14.8 Å². The number of urea groups is 1. The van der Waals surface area contributed by atoms with Crippen LogP contribution in [0.4, 0.5) is 10.6 Å². The molecule has 1 atom stereocenters. The second-order valence-corrected chi connectivity index (χ2v) is 6.77. The van der Waals surface area contributed by atoms with Gasteiger partial charge in [-0.25, -0.2) is 4.79 Å². The fraction of sp³-hybridized carbons (Fsp3) is 0.474. The first-order valence-corrected chi connectivity index (χ1v) is 9.10. The summed E-state index contributed by atoms with van der Waals surface area (Å²) in [6.45, 7) is 3.28. The van der Waals surface area contributed by atoms with Gasteiger partial charge >= 0.3 is 6.03 Å². The molecular formula is C19H24N4O4. The smallest absolute Gasteiger partial charge is 0.323 e. The molecule has 1 N–H and O–H groups in total. The Hall–Kier alpha value is -2.74. The minimum atomic E-state index is -0.116. The maximum absolute atomic E-state index is 12.6. The van der Waals surface area contributed by atoms with Gasteiger partial charge in [-0.1, -0.05) is 6.07 Å².